The standard InChI is InChI=1S/C10H10O/c1-7-3-4-8(2)10-6-11-5-9(7)10/h3-6H,1-2H3. The Morgan fingerprint density at radius 2 is 1.36 bits per heavy atom. The van der Waals surface area contributed by atoms with Crippen molar-refractivity contribution in [1.82, 2.24) is 0 Å². The average molecular weight is 146 g/mol. The van der Waals surface area contributed by atoms with E-state index in [4.69, 9.17) is 4.42 Å². The molecule has 2 aromatic rings. The Labute approximate surface area is 65.6 Å². The molecule has 0 N–H and O–H groups in total. The van der Waals surface area contributed by atoms with Gasteiger partial charge >= 0.3 is 0 Å². The lowest BCUT2D eigenvalue weighted by Crippen LogP contribution is -1.76. The van der Waals surface area contributed by atoms with Crippen LogP contribution in [0.25, 0.3) is 10.8 Å². The third kappa shape index (κ3) is 0.845. The predicted molar refractivity (Wildman–Crippen MR) is 45.7 cm³/mol. The smallest absolute Gasteiger partial charge is 0.0984 e. The lowest BCUT2D eigenvalue weighted by Gasteiger charge is -1.96. The van der Waals surface area contributed by atoms with Crippen molar-refractivity contribution in [1.29, 1.82) is 0 Å². The summed E-state index contributed by atoms with van der Waals surface area (Å²) in [7, 11) is 0. The maximum Gasteiger partial charge on any atom is 0.0984 e. The first-order chi connectivity index (χ1) is 5.29. The Bertz CT molecular complexity index is 349. The monoisotopic (exact) mass is 146 g/mol. The molecule has 1 heteroatoms. The molecule has 0 spiro atoms. The molecule has 1 heterocycles. The van der Waals surface area contributed by atoms with Crippen LogP contribution < -0.4 is 0 Å². The van der Waals surface area contributed by atoms with E-state index >= 15 is 0 Å². The summed E-state index contributed by atoms with van der Waals surface area (Å²) in [6.07, 6.45) is 3.61. The maximum atomic E-state index is 5.13. The molecular weight excluding hydrogens is 136 g/mol. The van der Waals surface area contributed by atoms with Crippen LogP contribution in [-0.2, 0) is 0 Å². The zero-order valence-corrected chi connectivity index (χ0v) is 6.72. The molecular formula is C10H10O. The van der Waals surface area contributed by atoms with E-state index < -0.39 is 0 Å². The van der Waals surface area contributed by atoms with Crippen LogP contribution in [0.2, 0.25) is 0 Å². The molecule has 0 radical (unpaired) electrons. The molecule has 0 bridgehead atoms. The fraction of sp³-hybridized carbons (Fsp3) is 0.200. The maximum absolute atomic E-state index is 5.13. The van der Waals surface area contributed by atoms with Gasteiger partial charge in [-0.2, -0.15) is 0 Å². The van der Waals surface area contributed by atoms with Crippen molar-refractivity contribution in [2.45, 2.75) is 13.8 Å². The molecule has 0 saturated heterocycles. The number of furan rings is 1. The fourth-order valence-corrected chi connectivity index (χ4v) is 1.34. The van der Waals surface area contributed by atoms with Crippen molar-refractivity contribution >= 4 is 10.8 Å². The molecule has 11 heavy (non-hydrogen) atoms. The lowest BCUT2D eigenvalue weighted by molar-refractivity contribution is 0.572. The van der Waals surface area contributed by atoms with Crippen LogP contribution in [0.15, 0.2) is 29.1 Å². The van der Waals surface area contributed by atoms with Gasteiger partial charge in [-0.15, -0.1) is 0 Å². The minimum absolute atomic E-state index is 1.23. The van der Waals surface area contributed by atoms with E-state index in [1.54, 1.807) is 12.5 Å². The average Bonchev–Trinajstić information content (AvgIpc) is 2.45. The van der Waals surface area contributed by atoms with Gasteiger partial charge in [0.25, 0.3) is 0 Å². The summed E-state index contributed by atoms with van der Waals surface area (Å²) in [4.78, 5) is 0. The summed E-state index contributed by atoms with van der Waals surface area (Å²) >= 11 is 0. The molecule has 1 nitrogen and oxygen atoms in total. The van der Waals surface area contributed by atoms with Gasteiger partial charge in [0.2, 0.25) is 0 Å². The fourth-order valence-electron chi connectivity index (χ4n) is 1.34. The molecule has 0 aliphatic carbocycles. The number of hydrogen-bond donors (Lipinski definition) is 0. The Morgan fingerprint density at radius 1 is 0.909 bits per heavy atom. The molecule has 0 aliphatic heterocycles. The Balaban J connectivity index is 2.96. The van der Waals surface area contributed by atoms with Crippen LogP contribution >= 0.6 is 0 Å². The van der Waals surface area contributed by atoms with Gasteiger partial charge in [-0.25, -0.2) is 0 Å². The van der Waals surface area contributed by atoms with Crippen LogP contribution in [0.5, 0.6) is 0 Å². The highest BCUT2D eigenvalue weighted by Gasteiger charge is 2.00. The van der Waals surface area contributed by atoms with Gasteiger partial charge in [0.05, 0.1) is 12.5 Å². The number of rotatable bonds is 0. The highest BCUT2D eigenvalue weighted by molar-refractivity contribution is 5.87. The van der Waals surface area contributed by atoms with Gasteiger partial charge in [0, 0.05) is 10.8 Å². The van der Waals surface area contributed by atoms with Gasteiger partial charge in [-0.3, -0.25) is 0 Å². The minimum Gasteiger partial charge on any atom is -0.471 e. The van der Waals surface area contributed by atoms with Gasteiger partial charge in [-0.1, -0.05) is 12.1 Å². The van der Waals surface area contributed by atoms with Crippen LogP contribution in [0.4, 0.5) is 0 Å². The van der Waals surface area contributed by atoms with Crippen molar-refractivity contribution in [2.75, 3.05) is 0 Å². The SMILES string of the molecule is Cc1ccc(C)c2cocc12. The van der Waals surface area contributed by atoms with Gasteiger partial charge in [0.1, 0.15) is 0 Å². The molecule has 0 unspecified atom stereocenters. The molecule has 0 fully saturated rings. The first kappa shape index (κ1) is 6.47. The van der Waals surface area contributed by atoms with Crippen LogP contribution in [-0.4, -0.2) is 0 Å². The Kier molecular flexibility index (Phi) is 1.25. The highest BCUT2D eigenvalue weighted by atomic mass is 16.3. The van der Waals surface area contributed by atoms with Crippen molar-refractivity contribution < 1.29 is 4.42 Å². The summed E-state index contributed by atoms with van der Waals surface area (Å²) < 4.78 is 5.13. The molecule has 2 rings (SSSR count). The molecule has 0 amide bonds. The van der Waals surface area contributed by atoms with Crippen LogP contribution in [0.3, 0.4) is 0 Å². The normalized spacial score (nSPS) is 10.7. The summed E-state index contributed by atoms with van der Waals surface area (Å²) in [5, 5.41) is 2.45. The number of hydrogen-bond acceptors (Lipinski definition) is 1. The quantitative estimate of drug-likeness (QED) is 0.556. The van der Waals surface area contributed by atoms with E-state index in [9.17, 15) is 0 Å². The van der Waals surface area contributed by atoms with E-state index in [1.165, 1.54) is 21.9 Å². The lowest BCUT2D eigenvalue weighted by atomic mass is 10.1. The first-order valence-electron chi connectivity index (χ1n) is 3.71. The molecule has 0 aliphatic rings. The third-order valence-electron chi connectivity index (χ3n) is 2.09. The van der Waals surface area contributed by atoms with Crippen molar-refractivity contribution in [2.24, 2.45) is 0 Å². The molecule has 1 aromatic carbocycles. The number of fused-ring (bicyclic) bond motifs is 1. The van der Waals surface area contributed by atoms with Crippen LogP contribution in [0.1, 0.15) is 11.1 Å². The summed E-state index contributed by atoms with van der Waals surface area (Å²) in [5.41, 5.74) is 2.55. The molecule has 1 aromatic heterocycles. The zero-order valence-electron chi connectivity index (χ0n) is 6.72. The summed E-state index contributed by atoms with van der Waals surface area (Å²) in [6.45, 7) is 4.19. The Hall–Kier alpha value is -1.24. The summed E-state index contributed by atoms with van der Waals surface area (Å²) in [5.74, 6) is 0. The van der Waals surface area contributed by atoms with Gasteiger partial charge in [-0.05, 0) is 25.0 Å². The second-order valence-electron chi connectivity index (χ2n) is 2.90. The number of aryl methyl sites for hydroxylation is 2. The largest absolute Gasteiger partial charge is 0.471 e. The number of benzene rings is 1. The van der Waals surface area contributed by atoms with Crippen molar-refractivity contribution in [3.63, 3.8) is 0 Å². The van der Waals surface area contributed by atoms with E-state index in [2.05, 4.69) is 26.0 Å². The van der Waals surface area contributed by atoms with E-state index in [0.29, 0.717) is 0 Å². The molecule has 0 atom stereocenters. The minimum atomic E-state index is 1.23. The van der Waals surface area contributed by atoms with Crippen LogP contribution in [0, 0.1) is 13.8 Å². The van der Waals surface area contributed by atoms with Crippen molar-refractivity contribution in [3.05, 3.63) is 35.8 Å². The van der Waals surface area contributed by atoms with E-state index in [1.807, 2.05) is 0 Å². The Morgan fingerprint density at radius 3 is 1.82 bits per heavy atom. The first-order valence-corrected chi connectivity index (χ1v) is 3.71. The summed E-state index contributed by atoms with van der Waals surface area (Å²) in [6, 6.07) is 4.24. The predicted octanol–water partition coefficient (Wildman–Crippen LogP) is 3.05. The molecule has 0 saturated carbocycles. The topological polar surface area (TPSA) is 13.1 Å². The van der Waals surface area contributed by atoms with E-state index in [0.717, 1.165) is 0 Å². The second kappa shape index (κ2) is 2.12. The van der Waals surface area contributed by atoms with E-state index in [-0.39, 0.29) is 0 Å². The zero-order chi connectivity index (χ0) is 7.84. The van der Waals surface area contributed by atoms with Gasteiger partial charge < -0.3 is 4.42 Å². The highest BCUT2D eigenvalue weighted by Crippen LogP contribution is 2.22. The molecule has 56 valence electrons. The third-order valence-corrected chi connectivity index (χ3v) is 2.09. The second-order valence-corrected chi connectivity index (χ2v) is 2.90. The van der Waals surface area contributed by atoms with Crippen molar-refractivity contribution in [3.8, 4) is 0 Å². The van der Waals surface area contributed by atoms with Gasteiger partial charge in [0.15, 0.2) is 0 Å².